The van der Waals surface area contributed by atoms with Gasteiger partial charge in [-0.15, -0.1) is 0 Å². The summed E-state index contributed by atoms with van der Waals surface area (Å²) >= 11 is 0. The second kappa shape index (κ2) is 6.25. The molecule has 0 fully saturated rings. The van der Waals surface area contributed by atoms with E-state index in [4.69, 9.17) is 9.84 Å². The lowest BCUT2D eigenvalue weighted by molar-refractivity contribution is 0.186. The molecule has 0 spiro atoms. The van der Waals surface area contributed by atoms with Gasteiger partial charge in [0.25, 0.3) is 0 Å². The number of ether oxygens (including phenoxy) is 1. The molecule has 1 rings (SSSR count). The molecule has 0 heterocycles. The first-order chi connectivity index (χ1) is 7.22. The van der Waals surface area contributed by atoms with Gasteiger partial charge in [0.2, 0.25) is 0 Å². The van der Waals surface area contributed by atoms with Gasteiger partial charge >= 0.3 is 0 Å². The first kappa shape index (κ1) is 11.8. The minimum Gasteiger partial charge on any atom is -0.497 e. The third-order valence-corrected chi connectivity index (χ3v) is 2.18. The van der Waals surface area contributed by atoms with Crippen molar-refractivity contribution in [1.29, 1.82) is 0 Å². The topological polar surface area (TPSA) is 29.5 Å². The molecular weight excluding hydrogens is 188 g/mol. The van der Waals surface area contributed by atoms with Gasteiger partial charge in [-0.05, 0) is 37.5 Å². The second-order valence-electron chi connectivity index (χ2n) is 3.60. The summed E-state index contributed by atoms with van der Waals surface area (Å²) in [5.41, 5.74) is 1.15. The molecule has 1 aromatic rings. The van der Waals surface area contributed by atoms with Crippen LogP contribution in [0, 0.1) is 0 Å². The highest BCUT2D eigenvalue weighted by Gasteiger charge is 1.92. The van der Waals surface area contributed by atoms with Gasteiger partial charge in [0.05, 0.1) is 13.2 Å². The predicted octanol–water partition coefficient (Wildman–Crippen LogP) is 2.87. The molecule has 0 aliphatic carbocycles. The average Bonchev–Trinajstić information content (AvgIpc) is 2.25. The van der Waals surface area contributed by atoms with Crippen molar-refractivity contribution in [3.05, 3.63) is 35.9 Å². The molecule has 2 nitrogen and oxygen atoms in total. The predicted molar refractivity (Wildman–Crippen MR) is 62.9 cm³/mol. The Morgan fingerprint density at radius 1 is 1.33 bits per heavy atom. The maximum Gasteiger partial charge on any atom is 0.118 e. The summed E-state index contributed by atoms with van der Waals surface area (Å²) in [7, 11) is 1.66. The number of hydrogen-bond donors (Lipinski definition) is 1. The van der Waals surface area contributed by atoms with E-state index in [1.54, 1.807) is 14.0 Å². The monoisotopic (exact) mass is 206 g/mol. The second-order valence-corrected chi connectivity index (χ2v) is 3.60. The highest BCUT2D eigenvalue weighted by molar-refractivity contribution is 5.50. The van der Waals surface area contributed by atoms with E-state index >= 15 is 0 Å². The molecule has 0 aliphatic rings. The van der Waals surface area contributed by atoms with Crippen molar-refractivity contribution in [2.75, 3.05) is 7.11 Å². The first-order valence-electron chi connectivity index (χ1n) is 5.21. The molecular formula is C13H18O2. The van der Waals surface area contributed by atoms with Crippen LogP contribution in [0.25, 0.3) is 6.08 Å². The van der Waals surface area contributed by atoms with E-state index in [0.717, 1.165) is 24.2 Å². The molecule has 15 heavy (non-hydrogen) atoms. The molecule has 1 unspecified atom stereocenters. The summed E-state index contributed by atoms with van der Waals surface area (Å²) in [6.45, 7) is 1.81. The fourth-order valence-electron chi connectivity index (χ4n) is 1.27. The van der Waals surface area contributed by atoms with Gasteiger partial charge in [0.1, 0.15) is 5.75 Å². The minimum atomic E-state index is -0.217. The summed E-state index contributed by atoms with van der Waals surface area (Å²) in [5, 5.41) is 9.07. The average molecular weight is 206 g/mol. The van der Waals surface area contributed by atoms with E-state index in [1.807, 2.05) is 24.3 Å². The Morgan fingerprint density at radius 3 is 2.53 bits per heavy atom. The molecule has 0 saturated carbocycles. The quantitative estimate of drug-likeness (QED) is 0.802. The molecule has 1 atom stereocenters. The van der Waals surface area contributed by atoms with Gasteiger partial charge < -0.3 is 9.84 Å². The van der Waals surface area contributed by atoms with Crippen molar-refractivity contribution in [3.63, 3.8) is 0 Å². The SMILES string of the molecule is COc1ccc(/C=C/CCC(C)O)cc1. The highest BCUT2D eigenvalue weighted by Crippen LogP contribution is 2.12. The molecule has 0 amide bonds. The van der Waals surface area contributed by atoms with Crippen LogP contribution in [0.4, 0.5) is 0 Å². The van der Waals surface area contributed by atoms with Crippen LogP contribution in [-0.4, -0.2) is 18.3 Å². The van der Waals surface area contributed by atoms with Crippen molar-refractivity contribution in [3.8, 4) is 5.75 Å². The Morgan fingerprint density at radius 2 is 2.00 bits per heavy atom. The van der Waals surface area contributed by atoms with Crippen LogP contribution in [-0.2, 0) is 0 Å². The van der Waals surface area contributed by atoms with Crippen molar-refractivity contribution in [2.45, 2.75) is 25.9 Å². The molecule has 1 aromatic carbocycles. The van der Waals surface area contributed by atoms with E-state index in [9.17, 15) is 0 Å². The number of hydrogen-bond acceptors (Lipinski definition) is 2. The fourth-order valence-corrected chi connectivity index (χ4v) is 1.27. The molecule has 0 saturated heterocycles. The molecule has 0 aliphatic heterocycles. The smallest absolute Gasteiger partial charge is 0.118 e. The molecule has 0 bridgehead atoms. The van der Waals surface area contributed by atoms with Crippen LogP contribution >= 0.6 is 0 Å². The minimum absolute atomic E-state index is 0.217. The zero-order chi connectivity index (χ0) is 11.1. The number of benzene rings is 1. The van der Waals surface area contributed by atoms with Crippen molar-refractivity contribution < 1.29 is 9.84 Å². The Labute approximate surface area is 91.2 Å². The van der Waals surface area contributed by atoms with Crippen LogP contribution < -0.4 is 4.74 Å². The number of rotatable bonds is 5. The number of aliphatic hydroxyl groups is 1. The zero-order valence-corrected chi connectivity index (χ0v) is 9.31. The van der Waals surface area contributed by atoms with Crippen molar-refractivity contribution >= 4 is 6.08 Å². The molecule has 0 radical (unpaired) electrons. The van der Waals surface area contributed by atoms with E-state index in [1.165, 1.54) is 0 Å². The molecule has 82 valence electrons. The third-order valence-electron chi connectivity index (χ3n) is 2.18. The van der Waals surface area contributed by atoms with Gasteiger partial charge in [-0.25, -0.2) is 0 Å². The van der Waals surface area contributed by atoms with Crippen molar-refractivity contribution in [1.82, 2.24) is 0 Å². The number of methoxy groups -OCH3 is 1. The summed E-state index contributed by atoms with van der Waals surface area (Å²) < 4.78 is 5.07. The summed E-state index contributed by atoms with van der Waals surface area (Å²) in [6, 6.07) is 7.90. The van der Waals surface area contributed by atoms with E-state index in [2.05, 4.69) is 12.2 Å². The standard InChI is InChI=1S/C13H18O2/c1-11(14)5-3-4-6-12-7-9-13(15-2)10-8-12/h4,6-11,14H,3,5H2,1-2H3/b6-4+. The van der Waals surface area contributed by atoms with Crippen LogP contribution in [0.2, 0.25) is 0 Å². The van der Waals surface area contributed by atoms with Gasteiger partial charge in [-0.1, -0.05) is 24.3 Å². The van der Waals surface area contributed by atoms with Gasteiger partial charge in [0.15, 0.2) is 0 Å². The number of aliphatic hydroxyl groups excluding tert-OH is 1. The van der Waals surface area contributed by atoms with Gasteiger partial charge in [-0.2, -0.15) is 0 Å². The number of allylic oxidation sites excluding steroid dienone is 1. The Hall–Kier alpha value is -1.28. The lowest BCUT2D eigenvalue weighted by Crippen LogP contribution is -1.96. The normalized spacial score (nSPS) is 13.0. The summed E-state index contributed by atoms with van der Waals surface area (Å²) in [4.78, 5) is 0. The summed E-state index contributed by atoms with van der Waals surface area (Å²) in [5.74, 6) is 0.871. The lowest BCUT2D eigenvalue weighted by Gasteiger charge is -2.00. The summed E-state index contributed by atoms with van der Waals surface area (Å²) in [6.07, 6.45) is 5.64. The molecule has 2 heteroatoms. The van der Waals surface area contributed by atoms with Crippen LogP contribution in [0.3, 0.4) is 0 Å². The lowest BCUT2D eigenvalue weighted by atomic mass is 10.1. The maximum absolute atomic E-state index is 9.07. The van der Waals surface area contributed by atoms with E-state index < -0.39 is 0 Å². The molecule has 1 N–H and O–H groups in total. The van der Waals surface area contributed by atoms with Crippen LogP contribution in [0.15, 0.2) is 30.3 Å². The van der Waals surface area contributed by atoms with Crippen LogP contribution in [0.5, 0.6) is 5.75 Å². The highest BCUT2D eigenvalue weighted by atomic mass is 16.5. The van der Waals surface area contributed by atoms with Gasteiger partial charge in [0, 0.05) is 0 Å². The van der Waals surface area contributed by atoms with E-state index in [-0.39, 0.29) is 6.10 Å². The van der Waals surface area contributed by atoms with E-state index in [0.29, 0.717) is 0 Å². The largest absolute Gasteiger partial charge is 0.497 e. The van der Waals surface area contributed by atoms with Crippen LogP contribution in [0.1, 0.15) is 25.3 Å². The Bertz CT molecular complexity index is 299. The Balaban J connectivity index is 2.43. The molecule has 0 aromatic heterocycles. The van der Waals surface area contributed by atoms with Gasteiger partial charge in [-0.3, -0.25) is 0 Å². The zero-order valence-electron chi connectivity index (χ0n) is 9.31. The maximum atomic E-state index is 9.07. The first-order valence-corrected chi connectivity index (χ1v) is 5.21. The third kappa shape index (κ3) is 4.66. The Kier molecular flexibility index (Phi) is 4.91. The fraction of sp³-hybridized carbons (Fsp3) is 0.385. The van der Waals surface area contributed by atoms with Crippen molar-refractivity contribution in [2.24, 2.45) is 0 Å².